The molecule has 3 aromatic carbocycles. The Morgan fingerprint density at radius 3 is 2.00 bits per heavy atom. The molecule has 2 aliphatic rings. The first-order valence-electron chi connectivity index (χ1n) is 12.0. The zero-order chi connectivity index (χ0) is 27.1. The first-order chi connectivity index (χ1) is 18.4. The van der Waals surface area contributed by atoms with Gasteiger partial charge in [0.05, 0.1) is 7.11 Å². The van der Waals surface area contributed by atoms with E-state index in [-0.39, 0.29) is 18.1 Å². The van der Waals surface area contributed by atoms with E-state index in [9.17, 15) is 18.9 Å². The number of β-lactam (4-membered cyclic amide) rings is 1. The van der Waals surface area contributed by atoms with Gasteiger partial charge in [-0.05, 0) is 34.8 Å². The van der Waals surface area contributed by atoms with Crippen LogP contribution in [0.4, 0.5) is 4.79 Å². The first kappa shape index (κ1) is 27.0. The summed E-state index contributed by atoms with van der Waals surface area (Å²) >= 11 is -1.44. The molecule has 196 valence electrons. The van der Waals surface area contributed by atoms with Gasteiger partial charge >= 0.3 is 12.1 Å². The number of methoxy groups -OCH3 is 1. The van der Waals surface area contributed by atoms with Crippen LogP contribution in [-0.4, -0.2) is 51.7 Å². The number of rotatable bonds is 5. The third-order valence-electron chi connectivity index (χ3n) is 6.06. The zero-order valence-electron chi connectivity index (χ0n) is 21.0. The first-order valence-corrected chi connectivity index (χ1v) is 13.3. The average Bonchev–Trinajstić information content (AvgIpc) is 2.96. The highest BCUT2D eigenvalue weighted by Crippen LogP contribution is 2.36. The molecule has 0 spiro atoms. The predicted octanol–water partition coefficient (Wildman–Crippen LogP) is 4.01. The van der Waals surface area contributed by atoms with E-state index in [2.05, 4.69) is 53.8 Å². The van der Waals surface area contributed by atoms with Crippen LogP contribution < -0.4 is 5.32 Å². The molecule has 0 aliphatic carbocycles. The number of hydrogen-bond donors (Lipinski definition) is 1. The van der Waals surface area contributed by atoms with Crippen LogP contribution in [0, 0.1) is 0 Å². The highest BCUT2D eigenvalue weighted by atomic mass is 32.2. The number of benzene rings is 3. The number of fused-ring (bicyclic) bond motifs is 1. The van der Waals surface area contributed by atoms with Gasteiger partial charge in [0, 0.05) is 5.57 Å². The van der Waals surface area contributed by atoms with Crippen LogP contribution >= 0.6 is 0 Å². The molecule has 2 heterocycles. The highest BCUT2D eigenvalue weighted by Gasteiger charge is 2.60. The van der Waals surface area contributed by atoms with Crippen molar-refractivity contribution in [3.05, 3.63) is 108 Å². The molecule has 3 aromatic rings. The van der Waals surface area contributed by atoms with E-state index in [0.717, 1.165) is 10.5 Å². The summed E-state index contributed by atoms with van der Waals surface area (Å²) in [5, 5.41) is 1.64. The number of ether oxygens (including phenoxy) is 2. The van der Waals surface area contributed by atoms with Crippen molar-refractivity contribution in [1.29, 1.82) is 0 Å². The molecule has 0 bridgehead atoms. The van der Waals surface area contributed by atoms with E-state index in [4.69, 9.17) is 9.47 Å². The molecule has 38 heavy (non-hydrogen) atoms. The van der Waals surface area contributed by atoms with Gasteiger partial charge in [-0.1, -0.05) is 91.0 Å². The summed E-state index contributed by atoms with van der Waals surface area (Å²) in [6, 6.07) is 28.9. The molecule has 1 fully saturated rings. The number of nitrogens with zero attached hydrogens (tertiary/aromatic N) is 1. The molecule has 8 nitrogen and oxygen atoms in total. The Hall–Kier alpha value is -4.08. The minimum Gasteiger partial charge on any atom is -0.614 e. The van der Waals surface area contributed by atoms with E-state index >= 15 is 0 Å². The van der Waals surface area contributed by atoms with E-state index in [1.807, 2.05) is 30.3 Å². The zero-order valence-corrected chi connectivity index (χ0v) is 21.9. The number of carbonyl (C=O) groups is 3. The fourth-order valence-electron chi connectivity index (χ4n) is 4.20. The van der Waals surface area contributed by atoms with Crippen molar-refractivity contribution in [1.82, 2.24) is 10.2 Å². The third kappa shape index (κ3) is 6.07. The summed E-state index contributed by atoms with van der Waals surface area (Å²) in [6.45, 7) is 1.68. The molecule has 0 radical (unpaired) electrons. The van der Waals surface area contributed by atoms with Crippen molar-refractivity contribution in [2.75, 3.05) is 12.9 Å². The van der Waals surface area contributed by atoms with Crippen LogP contribution in [0.1, 0.15) is 12.5 Å². The lowest BCUT2D eigenvalue weighted by molar-refractivity contribution is -0.150. The summed E-state index contributed by atoms with van der Waals surface area (Å²) in [5.41, 5.74) is 3.97. The van der Waals surface area contributed by atoms with Crippen molar-refractivity contribution in [2.45, 2.75) is 24.9 Å². The SMILES string of the molecule is COC(=O)C1=C(C)C[S+]([O-])[C@@H]2[C@H](NC(=O)OCc3ccccc3)C(=O)N12.c1ccc(-c2ccccc2)cc1. The van der Waals surface area contributed by atoms with Crippen molar-refractivity contribution in [3.8, 4) is 11.1 Å². The Bertz CT molecular complexity index is 1260. The van der Waals surface area contributed by atoms with Crippen LogP contribution in [0.2, 0.25) is 0 Å². The van der Waals surface area contributed by atoms with Gasteiger partial charge in [0.2, 0.25) is 5.37 Å². The molecule has 5 rings (SSSR count). The Kier molecular flexibility index (Phi) is 8.83. The van der Waals surface area contributed by atoms with Crippen molar-refractivity contribution < 1.29 is 28.4 Å². The normalized spacial score (nSPS) is 19.8. The van der Waals surface area contributed by atoms with Crippen LogP contribution in [-0.2, 0) is 36.8 Å². The van der Waals surface area contributed by atoms with Gasteiger partial charge in [-0.3, -0.25) is 9.69 Å². The average molecular weight is 533 g/mol. The second-order valence-corrected chi connectivity index (χ2v) is 10.2. The van der Waals surface area contributed by atoms with Crippen LogP contribution in [0.25, 0.3) is 11.1 Å². The van der Waals surface area contributed by atoms with E-state index < -0.39 is 40.6 Å². The van der Waals surface area contributed by atoms with Crippen molar-refractivity contribution in [2.24, 2.45) is 0 Å². The molecule has 1 unspecified atom stereocenters. The van der Waals surface area contributed by atoms with Crippen LogP contribution in [0.15, 0.2) is 102 Å². The maximum absolute atomic E-state index is 12.4. The predicted molar refractivity (Wildman–Crippen MR) is 144 cm³/mol. The maximum Gasteiger partial charge on any atom is 0.408 e. The summed E-state index contributed by atoms with van der Waals surface area (Å²) in [5.74, 6) is -1.04. The van der Waals surface area contributed by atoms with Gasteiger partial charge in [-0.25, -0.2) is 9.59 Å². The van der Waals surface area contributed by atoms with Gasteiger partial charge in [0.25, 0.3) is 5.91 Å². The molecule has 1 saturated heterocycles. The lowest BCUT2D eigenvalue weighted by Crippen LogP contribution is -2.74. The largest absolute Gasteiger partial charge is 0.614 e. The molecule has 2 aliphatic heterocycles. The molecule has 1 N–H and O–H groups in total. The smallest absolute Gasteiger partial charge is 0.408 e. The molecule has 9 heteroatoms. The summed E-state index contributed by atoms with van der Waals surface area (Å²) in [4.78, 5) is 37.4. The van der Waals surface area contributed by atoms with Crippen LogP contribution in [0.5, 0.6) is 0 Å². The number of esters is 1. The molecular weight excluding hydrogens is 504 g/mol. The van der Waals surface area contributed by atoms with Crippen molar-refractivity contribution >= 4 is 29.1 Å². The minimum absolute atomic E-state index is 0.0531. The maximum atomic E-state index is 12.4. The number of nitrogens with one attached hydrogen (secondary N) is 1. The number of alkyl carbamates (subject to hydrolysis) is 1. The standard InChI is InChI=1S/C17H18N2O6S.C12H10/c1-10-9-26(23)15-12(14(20)19(15)13(10)16(21)24-2)18-17(22)25-8-11-6-4-3-5-7-11;1-3-7-11(8-4-1)12-9-5-2-6-10-12/h3-7,12,15H,8-9H2,1-2H3,(H,18,22);1-10H/t12-,15-,26?;/m1./s1. The van der Waals surface area contributed by atoms with Gasteiger partial charge < -0.3 is 19.3 Å². The topological polar surface area (TPSA) is 108 Å². The van der Waals surface area contributed by atoms with Gasteiger partial charge in [-0.15, -0.1) is 0 Å². The Morgan fingerprint density at radius 1 is 0.947 bits per heavy atom. The second kappa shape index (κ2) is 12.4. The fourth-order valence-corrected chi connectivity index (χ4v) is 5.87. The quantitative estimate of drug-likeness (QED) is 0.302. The molecule has 0 aromatic heterocycles. The highest BCUT2D eigenvalue weighted by molar-refractivity contribution is 7.92. The Labute approximate surface area is 224 Å². The monoisotopic (exact) mass is 532 g/mol. The van der Waals surface area contributed by atoms with Gasteiger partial charge in [0.15, 0.2) is 6.04 Å². The second-order valence-electron chi connectivity index (χ2n) is 8.66. The van der Waals surface area contributed by atoms with Gasteiger partial charge in [-0.2, -0.15) is 0 Å². The third-order valence-corrected chi connectivity index (χ3v) is 7.80. The summed E-state index contributed by atoms with van der Waals surface area (Å²) < 4.78 is 22.2. The summed E-state index contributed by atoms with van der Waals surface area (Å²) in [7, 11) is 1.21. The van der Waals surface area contributed by atoms with Crippen LogP contribution in [0.3, 0.4) is 0 Å². The lowest BCUT2D eigenvalue weighted by Gasteiger charge is -2.48. The lowest BCUT2D eigenvalue weighted by atomic mass is 10.0. The molecule has 2 amide bonds. The number of amides is 2. The number of carbonyl (C=O) groups excluding carboxylic acids is 3. The Morgan fingerprint density at radius 2 is 1.47 bits per heavy atom. The van der Waals surface area contributed by atoms with E-state index in [1.54, 1.807) is 19.1 Å². The summed E-state index contributed by atoms with van der Waals surface area (Å²) in [6.07, 6.45) is -0.783. The van der Waals surface area contributed by atoms with Crippen molar-refractivity contribution in [3.63, 3.8) is 0 Å². The fraction of sp³-hybridized carbons (Fsp3) is 0.207. The molecular formula is C29H28N2O6S. The van der Waals surface area contributed by atoms with E-state index in [0.29, 0.717) is 5.57 Å². The molecule has 0 saturated carbocycles. The minimum atomic E-state index is -1.44. The molecule has 3 atom stereocenters. The number of hydrogen-bond acceptors (Lipinski definition) is 6. The Balaban J connectivity index is 0.000000232. The van der Waals surface area contributed by atoms with E-state index in [1.165, 1.54) is 18.2 Å². The van der Waals surface area contributed by atoms with Gasteiger partial charge in [0.1, 0.15) is 18.1 Å².